The van der Waals surface area contributed by atoms with Crippen LogP contribution in [0.4, 0.5) is 0 Å². The van der Waals surface area contributed by atoms with E-state index in [1.165, 1.54) is 28.1 Å². The molecule has 2 heterocycles. The van der Waals surface area contributed by atoms with Crippen molar-refractivity contribution in [1.29, 1.82) is 0 Å². The zero-order valence-electron chi connectivity index (χ0n) is 12.7. The molecule has 0 aliphatic carbocycles. The number of carbonyl (C=O) groups excluding carboxylic acids is 4. The third kappa shape index (κ3) is 3.47. The van der Waals surface area contributed by atoms with Gasteiger partial charge in [-0.05, 0) is 0 Å². The molecule has 126 valence electrons. The van der Waals surface area contributed by atoms with E-state index in [4.69, 9.17) is 9.47 Å². The summed E-state index contributed by atoms with van der Waals surface area (Å²) in [6.07, 6.45) is 0. The Balaban J connectivity index is 2.37. The first-order chi connectivity index (χ1) is 10.7. The largest absolute Gasteiger partial charge is 0.468 e. The maximum atomic E-state index is 12.1. The molecule has 0 unspecified atom stereocenters. The minimum Gasteiger partial charge on any atom is -0.468 e. The SMILES string of the molecule is COC(=O)[C@H]1SC(=C2C(=O)OC(C)(C)OC2=O)S[C@@H]1C(=O)OC. The first-order valence-corrected chi connectivity index (χ1v) is 8.16. The fourth-order valence-electron chi connectivity index (χ4n) is 1.89. The summed E-state index contributed by atoms with van der Waals surface area (Å²) >= 11 is 1.75. The van der Waals surface area contributed by atoms with Crippen molar-refractivity contribution in [3.8, 4) is 0 Å². The fourth-order valence-corrected chi connectivity index (χ4v) is 4.96. The molecule has 2 atom stereocenters. The molecule has 2 saturated heterocycles. The zero-order valence-corrected chi connectivity index (χ0v) is 14.4. The van der Waals surface area contributed by atoms with E-state index < -0.39 is 40.2 Å². The number of ether oxygens (including phenoxy) is 4. The van der Waals surface area contributed by atoms with Crippen molar-refractivity contribution in [2.75, 3.05) is 14.2 Å². The zero-order chi connectivity index (χ0) is 17.4. The van der Waals surface area contributed by atoms with Crippen LogP contribution >= 0.6 is 23.5 Å². The van der Waals surface area contributed by atoms with Crippen LogP contribution in [-0.2, 0) is 38.1 Å². The van der Waals surface area contributed by atoms with Crippen molar-refractivity contribution in [2.45, 2.75) is 30.1 Å². The van der Waals surface area contributed by atoms with Crippen molar-refractivity contribution < 1.29 is 38.1 Å². The average Bonchev–Trinajstić information content (AvgIpc) is 2.88. The molecule has 0 spiro atoms. The molecule has 23 heavy (non-hydrogen) atoms. The van der Waals surface area contributed by atoms with Gasteiger partial charge in [0.2, 0.25) is 0 Å². The van der Waals surface area contributed by atoms with Gasteiger partial charge in [-0.3, -0.25) is 9.59 Å². The average molecular weight is 362 g/mol. The summed E-state index contributed by atoms with van der Waals surface area (Å²) in [5, 5.41) is -1.87. The smallest absolute Gasteiger partial charge is 0.350 e. The Morgan fingerprint density at radius 1 is 0.957 bits per heavy atom. The third-order valence-electron chi connectivity index (χ3n) is 2.90. The van der Waals surface area contributed by atoms with E-state index in [9.17, 15) is 19.2 Å². The molecule has 0 aromatic rings. The Morgan fingerprint density at radius 3 is 1.70 bits per heavy atom. The number of methoxy groups -OCH3 is 2. The molecule has 0 bridgehead atoms. The van der Waals surface area contributed by atoms with E-state index in [0.717, 1.165) is 23.5 Å². The first-order valence-electron chi connectivity index (χ1n) is 6.40. The molecule has 2 aliphatic heterocycles. The number of carbonyl (C=O) groups is 4. The summed E-state index contributed by atoms with van der Waals surface area (Å²) in [5.41, 5.74) is -0.334. The van der Waals surface area contributed by atoms with Gasteiger partial charge in [0.05, 0.1) is 18.5 Å². The van der Waals surface area contributed by atoms with Crippen molar-refractivity contribution in [3.05, 3.63) is 9.81 Å². The molecule has 0 radical (unpaired) electrons. The van der Waals surface area contributed by atoms with E-state index in [2.05, 4.69) is 9.47 Å². The van der Waals surface area contributed by atoms with E-state index in [0.29, 0.717) is 0 Å². The predicted molar refractivity (Wildman–Crippen MR) is 80.1 cm³/mol. The maximum Gasteiger partial charge on any atom is 0.350 e. The van der Waals surface area contributed by atoms with Gasteiger partial charge in [-0.2, -0.15) is 0 Å². The van der Waals surface area contributed by atoms with E-state index in [-0.39, 0.29) is 9.81 Å². The molecule has 0 saturated carbocycles. The van der Waals surface area contributed by atoms with Crippen LogP contribution < -0.4 is 0 Å². The standard InChI is InChI=1S/C13H14O8S2/c1-13(2)20-8(14)5(9(15)21-13)12-22-6(10(16)18-3)7(23-12)11(17)19-4/h6-7H,1-4H3/t6-,7-/m0/s1. The van der Waals surface area contributed by atoms with Gasteiger partial charge in [-0.25, -0.2) is 9.59 Å². The van der Waals surface area contributed by atoms with Gasteiger partial charge in [0.1, 0.15) is 10.5 Å². The molecule has 10 heteroatoms. The Bertz CT molecular complexity index is 561. The highest BCUT2D eigenvalue weighted by molar-refractivity contribution is 8.26. The van der Waals surface area contributed by atoms with Crippen LogP contribution in [-0.4, -0.2) is 54.4 Å². The summed E-state index contributed by atoms with van der Waals surface area (Å²) in [7, 11) is 2.36. The minimum atomic E-state index is -1.37. The number of cyclic esters (lactones) is 2. The van der Waals surface area contributed by atoms with Crippen LogP contribution in [0.25, 0.3) is 0 Å². The number of rotatable bonds is 2. The summed E-state index contributed by atoms with van der Waals surface area (Å²) in [4.78, 5) is 47.8. The lowest BCUT2D eigenvalue weighted by atomic mass is 10.2. The molecule has 2 aliphatic rings. The molecule has 2 fully saturated rings. The number of esters is 4. The number of hydrogen-bond donors (Lipinski definition) is 0. The van der Waals surface area contributed by atoms with Crippen molar-refractivity contribution >= 4 is 47.4 Å². The second kappa shape index (κ2) is 6.44. The van der Waals surface area contributed by atoms with Gasteiger partial charge < -0.3 is 18.9 Å². The lowest BCUT2D eigenvalue weighted by molar-refractivity contribution is -0.222. The summed E-state index contributed by atoms with van der Waals surface area (Å²) < 4.78 is 19.5. The van der Waals surface area contributed by atoms with Crippen LogP contribution in [0.2, 0.25) is 0 Å². The monoisotopic (exact) mass is 362 g/mol. The highest BCUT2D eigenvalue weighted by atomic mass is 32.2. The van der Waals surface area contributed by atoms with Gasteiger partial charge in [0.15, 0.2) is 5.57 Å². The Hall–Kier alpha value is -1.68. The quantitative estimate of drug-likeness (QED) is 0.300. The Labute approximate surface area is 140 Å². The second-order valence-electron chi connectivity index (χ2n) is 4.96. The van der Waals surface area contributed by atoms with Crippen molar-refractivity contribution in [3.63, 3.8) is 0 Å². The van der Waals surface area contributed by atoms with Gasteiger partial charge in [-0.15, -0.1) is 23.5 Å². The van der Waals surface area contributed by atoms with Crippen molar-refractivity contribution in [1.82, 2.24) is 0 Å². The van der Waals surface area contributed by atoms with Crippen LogP contribution in [0.5, 0.6) is 0 Å². The molecule has 0 aromatic heterocycles. The summed E-state index contributed by atoms with van der Waals surface area (Å²) in [5.74, 6) is -4.42. The molecular formula is C13H14O8S2. The number of thioether (sulfide) groups is 2. The van der Waals surface area contributed by atoms with Gasteiger partial charge in [0, 0.05) is 13.8 Å². The predicted octanol–water partition coefficient (Wildman–Crippen LogP) is 0.597. The summed E-state index contributed by atoms with van der Waals surface area (Å²) in [6, 6.07) is 0. The number of hydrogen-bond acceptors (Lipinski definition) is 10. The molecule has 0 amide bonds. The first kappa shape index (κ1) is 17.7. The van der Waals surface area contributed by atoms with E-state index in [1.807, 2.05) is 0 Å². The van der Waals surface area contributed by atoms with Crippen LogP contribution in [0.1, 0.15) is 13.8 Å². The minimum absolute atomic E-state index is 0.168. The third-order valence-corrected chi connectivity index (χ3v) is 5.92. The Kier molecular flexibility index (Phi) is 4.95. The lowest BCUT2D eigenvalue weighted by Crippen LogP contribution is -2.42. The van der Waals surface area contributed by atoms with Gasteiger partial charge >= 0.3 is 23.9 Å². The normalized spacial score (nSPS) is 26.4. The van der Waals surface area contributed by atoms with Crippen LogP contribution in [0.15, 0.2) is 9.81 Å². The molecule has 2 rings (SSSR count). The lowest BCUT2D eigenvalue weighted by Gasteiger charge is -2.30. The molecular weight excluding hydrogens is 348 g/mol. The summed E-state index contributed by atoms with van der Waals surface area (Å²) in [6.45, 7) is 2.85. The van der Waals surface area contributed by atoms with E-state index in [1.54, 1.807) is 0 Å². The highest BCUT2D eigenvalue weighted by Crippen LogP contribution is 2.50. The fraction of sp³-hybridized carbons (Fsp3) is 0.538. The van der Waals surface area contributed by atoms with Gasteiger partial charge in [0.25, 0.3) is 5.79 Å². The molecule has 8 nitrogen and oxygen atoms in total. The Morgan fingerprint density at radius 2 is 1.35 bits per heavy atom. The maximum absolute atomic E-state index is 12.1. The van der Waals surface area contributed by atoms with Gasteiger partial charge in [-0.1, -0.05) is 0 Å². The van der Waals surface area contributed by atoms with Crippen LogP contribution in [0, 0.1) is 0 Å². The second-order valence-corrected chi connectivity index (χ2v) is 7.53. The highest BCUT2D eigenvalue weighted by Gasteiger charge is 2.49. The van der Waals surface area contributed by atoms with Crippen LogP contribution in [0.3, 0.4) is 0 Å². The van der Waals surface area contributed by atoms with E-state index >= 15 is 0 Å². The molecule has 0 N–H and O–H groups in total. The topological polar surface area (TPSA) is 105 Å². The van der Waals surface area contributed by atoms with Crippen molar-refractivity contribution in [2.24, 2.45) is 0 Å². The molecule has 0 aromatic carbocycles.